The quantitative estimate of drug-likeness (QED) is 0.370. The van der Waals surface area contributed by atoms with Crippen molar-refractivity contribution in [2.75, 3.05) is 29.5 Å². The molecule has 2 aliphatic carbocycles. The van der Waals surface area contributed by atoms with Crippen LogP contribution in [0.15, 0.2) is 48.5 Å². The van der Waals surface area contributed by atoms with E-state index in [1.807, 2.05) is 24.3 Å². The third-order valence-corrected chi connectivity index (χ3v) is 11.3. The van der Waals surface area contributed by atoms with Crippen LogP contribution in [-0.2, 0) is 14.5 Å². The Balaban J connectivity index is 1.36. The van der Waals surface area contributed by atoms with Crippen molar-refractivity contribution in [2.24, 2.45) is 5.92 Å². The van der Waals surface area contributed by atoms with Gasteiger partial charge in [-0.2, -0.15) is 5.26 Å². The predicted molar refractivity (Wildman–Crippen MR) is 156 cm³/mol. The van der Waals surface area contributed by atoms with Crippen molar-refractivity contribution >= 4 is 32.7 Å². The fraction of sp³-hybridized carbons (Fsp3) is 0.433. The summed E-state index contributed by atoms with van der Waals surface area (Å²) >= 11 is 1.46. The molecule has 0 unspecified atom stereocenters. The van der Waals surface area contributed by atoms with Gasteiger partial charge in [-0.15, -0.1) is 11.3 Å². The molecule has 1 saturated heterocycles. The number of carbonyl (C=O) groups is 1. The number of rotatable bonds is 6. The van der Waals surface area contributed by atoms with Crippen molar-refractivity contribution in [3.63, 3.8) is 0 Å². The molecule has 3 aromatic rings. The molecule has 0 bridgehead atoms. The highest BCUT2D eigenvalue weighted by Gasteiger charge is 2.48. The number of aromatic nitrogens is 1. The van der Waals surface area contributed by atoms with E-state index in [2.05, 4.69) is 16.3 Å². The number of alkyl halides is 1. The van der Waals surface area contributed by atoms with E-state index in [0.717, 1.165) is 27.4 Å². The molecule has 6 rings (SSSR count). The van der Waals surface area contributed by atoms with E-state index in [0.29, 0.717) is 55.3 Å². The van der Waals surface area contributed by atoms with Crippen molar-refractivity contribution in [2.45, 2.75) is 49.7 Å². The zero-order valence-corrected chi connectivity index (χ0v) is 24.1. The van der Waals surface area contributed by atoms with Crippen LogP contribution < -0.4 is 10.2 Å². The van der Waals surface area contributed by atoms with E-state index in [1.54, 1.807) is 12.1 Å². The van der Waals surface area contributed by atoms with Crippen LogP contribution in [0.5, 0.6) is 0 Å². The van der Waals surface area contributed by atoms with Crippen molar-refractivity contribution in [1.82, 2.24) is 10.3 Å². The van der Waals surface area contributed by atoms with Gasteiger partial charge in [0.2, 0.25) is 5.91 Å². The van der Waals surface area contributed by atoms with Gasteiger partial charge in [0.25, 0.3) is 0 Å². The summed E-state index contributed by atoms with van der Waals surface area (Å²) in [5.41, 5.74) is 2.53. The Morgan fingerprint density at radius 3 is 2.39 bits per heavy atom. The summed E-state index contributed by atoms with van der Waals surface area (Å²) in [6, 6.07) is 16.3. The number of hydrogen-bond donors (Lipinski definition) is 2. The number of carbonyl (C=O) groups excluding carboxylic acids is 1. The molecular formula is C30H31F2N5O2S2. The first-order valence-corrected chi connectivity index (χ1v) is 16.6. The van der Waals surface area contributed by atoms with E-state index in [-0.39, 0.29) is 24.1 Å². The lowest BCUT2D eigenvalue weighted by Crippen LogP contribution is -2.44. The van der Waals surface area contributed by atoms with E-state index in [9.17, 15) is 23.0 Å². The second-order valence-electron chi connectivity index (χ2n) is 11.3. The highest BCUT2D eigenvalue weighted by atomic mass is 32.2. The molecule has 1 aromatic heterocycles. The normalized spacial score (nSPS) is 24.8. The van der Waals surface area contributed by atoms with Crippen LogP contribution in [0.3, 0.4) is 0 Å². The first-order chi connectivity index (χ1) is 19.7. The molecule has 11 heteroatoms. The summed E-state index contributed by atoms with van der Waals surface area (Å²) in [7, 11) is -2.49. The molecule has 0 radical (unpaired) electrons. The molecule has 2 N–H and O–H groups in total. The lowest BCUT2D eigenvalue weighted by atomic mass is 9.75. The molecule has 3 atom stereocenters. The minimum Gasteiger partial charge on any atom is -0.370 e. The van der Waals surface area contributed by atoms with Crippen LogP contribution in [0.2, 0.25) is 0 Å². The van der Waals surface area contributed by atoms with Gasteiger partial charge in [0.05, 0.1) is 16.6 Å². The van der Waals surface area contributed by atoms with Gasteiger partial charge in [-0.1, -0.05) is 12.1 Å². The van der Waals surface area contributed by atoms with E-state index < -0.39 is 27.4 Å². The first kappa shape index (κ1) is 27.8. The molecule has 214 valence electrons. The third kappa shape index (κ3) is 5.86. The predicted octanol–water partition coefficient (Wildman–Crippen LogP) is 5.88. The van der Waals surface area contributed by atoms with Crippen molar-refractivity contribution in [3.05, 3.63) is 60.0 Å². The molecule has 41 heavy (non-hydrogen) atoms. The fourth-order valence-electron chi connectivity index (χ4n) is 5.77. The molecule has 1 aliphatic heterocycles. The summed E-state index contributed by atoms with van der Waals surface area (Å²) in [5, 5.41) is 13.1. The minimum absolute atomic E-state index is 0.0773. The van der Waals surface area contributed by atoms with Gasteiger partial charge in [0, 0.05) is 57.4 Å². The lowest BCUT2D eigenvalue weighted by Gasteiger charge is -2.32. The van der Waals surface area contributed by atoms with Gasteiger partial charge < -0.3 is 10.2 Å². The van der Waals surface area contributed by atoms with Crippen molar-refractivity contribution in [1.29, 1.82) is 10.0 Å². The molecule has 0 spiro atoms. The molecule has 3 fully saturated rings. The van der Waals surface area contributed by atoms with Gasteiger partial charge in [0.1, 0.15) is 22.5 Å². The number of hydrogen-bond acceptors (Lipinski definition) is 7. The average Bonchev–Trinajstić information content (AvgIpc) is 3.60. The Labute approximate surface area is 242 Å². The van der Waals surface area contributed by atoms with Crippen LogP contribution in [0.1, 0.15) is 43.7 Å². The summed E-state index contributed by atoms with van der Waals surface area (Å²) in [6.45, 7) is 1.13. The van der Waals surface area contributed by atoms with Crippen molar-refractivity contribution < 1.29 is 17.8 Å². The Kier molecular flexibility index (Phi) is 7.32. The van der Waals surface area contributed by atoms with Gasteiger partial charge in [0.15, 0.2) is 0 Å². The smallest absolute Gasteiger partial charge is 0.225 e. The average molecular weight is 596 g/mol. The number of nitriles is 1. The number of nitrogens with zero attached hydrogens (tertiary/aromatic N) is 3. The van der Waals surface area contributed by atoms with E-state index >= 15 is 0 Å². The monoisotopic (exact) mass is 595 g/mol. The number of benzene rings is 2. The second-order valence-corrected chi connectivity index (χ2v) is 14.7. The highest BCUT2D eigenvalue weighted by molar-refractivity contribution is 7.92. The van der Waals surface area contributed by atoms with Crippen LogP contribution in [-0.4, -0.2) is 51.4 Å². The maximum Gasteiger partial charge on any atom is 0.225 e. The Hall–Kier alpha value is -3.36. The van der Waals surface area contributed by atoms with Crippen molar-refractivity contribution in [3.8, 4) is 27.1 Å². The lowest BCUT2D eigenvalue weighted by molar-refractivity contribution is -0.128. The molecule has 3 aliphatic rings. The van der Waals surface area contributed by atoms with Crippen LogP contribution in [0.25, 0.3) is 21.0 Å². The number of nitrogens with one attached hydrogen (secondary N) is 2. The van der Waals surface area contributed by atoms with Crippen LogP contribution in [0.4, 0.5) is 14.5 Å². The number of halogens is 2. The maximum absolute atomic E-state index is 14.7. The molecule has 1 amide bonds. The van der Waals surface area contributed by atoms with Gasteiger partial charge in [-0.3, -0.25) is 9.57 Å². The molecule has 7 nitrogen and oxygen atoms in total. The largest absolute Gasteiger partial charge is 0.370 e. The summed E-state index contributed by atoms with van der Waals surface area (Å²) in [5.74, 6) is -0.928. The van der Waals surface area contributed by atoms with Gasteiger partial charge >= 0.3 is 0 Å². The third-order valence-electron chi connectivity index (χ3n) is 8.42. The van der Waals surface area contributed by atoms with E-state index in [1.165, 1.54) is 23.5 Å². The number of thiazole rings is 1. The van der Waals surface area contributed by atoms with Crippen LogP contribution in [0, 0.1) is 27.8 Å². The fourth-order valence-corrected chi connectivity index (χ4v) is 8.15. The Morgan fingerprint density at radius 1 is 1.10 bits per heavy atom. The summed E-state index contributed by atoms with van der Waals surface area (Å²) in [4.78, 5) is 21.4. The standard InChI is InChI=1S/C30H31F2N5O2S2/c31-21-5-1-20(2-6-21)29-35-26(24-10-7-22(32)17-25(24)28(38)36-30(18-33)11-12-30)27(40-29)19-3-8-23(9-4-19)37-13-15-41(34,39)16-14-37/h1-6,8-9,22,24-25,34H,7,10-17H2,(H,36,38)/t22-,24+,25+/m0/s1. The Morgan fingerprint density at radius 2 is 1.76 bits per heavy atom. The minimum atomic E-state index is -2.49. The molecule has 2 aromatic carbocycles. The first-order valence-electron chi connectivity index (χ1n) is 13.9. The number of amides is 1. The van der Waals surface area contributed by atoms with E-state index in [4.69, 9.17) is 9.76 Å². The molecule has 2 heterocycles. The van der Waals surface area contributed by atoms with Gasteiger partial charge in [-0.05, 0) is 74.1 Å². The zero-order chi connectivity index (χ0) is 28.8. The van der Waals surface area contributed by atoms with Gasteiger partial charge in [-0.25, -0.2) is 18.0 Å². The number of anilines is 1. The summed E-state index contributed by atoms with van der Waals surface area (Å²) < 4.78 is 48.3. The highest BCUT2D eigenvalue weighted by Crippen LogP contribution is 2.47. The molecule has 2 saturated carbocycles. The topological polar surface area (TPSA) is 110 Å². The molecular weight excluding hydrogens is 564 g/mol. The zero-order valence-electron chi connectivity index (χ0n) is 22.4. The summed E-state index contributed by atoms with van der Waals surface area (Å²) in [6.07, 6.45) is 0.966. The maximum atomic E-state index is 14.7. The second kappa shape index (κ2) is 10.8. The van der Waals surface area contributed by atoms with Crippen LogP contribution >= 0.6 is 11.3 Å². The Bertz CT molecular complexity index is 1580. The SMILES string of the molecule is N#CC1(NC(=O)[C@@H]2C[C@@H](F)CC[C@H]2c2nc(-c3ccc(F)cc3)sc2-c2ccc(N3CCS(=N)(=O)CC3)cc2)CC1.